The van der Waals surface area contributed by atoms with Crippen LogP contribution in [0.2, 0.25) is 0 Å². The summed E-state index contributed by atoms with van der Waals surface area (Å²) in [5, 5.41) is 15.0. The Morgan fingerprint density at radius 1 is 0.219 bits per heavy atom. The second kappa shape index (κ2) is 73.9. The van der Waals surface area contributed by atoms with Gasteiger partial charge in [-0.3, -0.25) is 0 Å². The summed E-state index contributed by atoms with van der Waals surface area (Å²) in [6.45, 7) is 66.2. The van der Waals surface area contributed by atoms with Crippen LogP contribution in [0.15, 0.2) is 388 Å². The van der Waals surface area contributed by atoms with E-state index < -0.39 is 0 Å². The van der Waals surface area contributed by atoms with Crippen LogP contribution in [0.1, 0.15) is 245 Å². The molecule has 0 spiro atoms. The van der Waals surface area contributed by atoms with Crippen LogP contribution >= 0.6 is 0 Å². The Balaban J connectivity index is 0.000000530. The molecule has 2 heterocycles. The monoisotopic (exact) mass is 2370 g/mol. The van der Waals surface area contributed by atoms with E-state index in [1.54, 1.807) is 0 Å². The van der Waals surface area contributed by atoms with Crippen molar-refractivity contribution in [1.82, 2.24) is 14.7 Å². The van der Waals surface area contributed by atoms with Crippen molar-refractivity contribution in [3.63, 3.8) is 0 Å². The van der Waals surface area contributed by atoms with Crippen LogP contribution in [0, 0.1) is 62.3 Å². The van der Waals surface area contributed by atoms with E-state index in [0.717, 1.165) is 106 Å². The summed E-state index contributed by atoms with van der Waals surface area (Å²) in [5.74, 6) is 2.72. The molecule has 0 aliphatic carbocycles. The van der Waals surface area contributed by atoms with Crippen molar-refractivity contribution >= 4 is 54.9 Å². The first-order chi connectivity index (χ1) is 64.5. The number of rotatable bonds is 19. The quantitative estimate of drug-likeness (QED) is 0.0457. The summed E-state index contributed by atoms with van der Waals surface area (Å²) >= 11 is 17.3. The number of hydrogen-bond donors (Lipinski definition) is 0. The molecule has 0 N–H and O–H groups in total. The molecule has 0 saturated carbocycles. The molecule has 12 heteroatoms. The van der Waals surface area contributed by atoms with Gasteiger partial charge < -0.3 is 68.5 Å². The van der Waals surface area contributed by atoms with E-state index in [1.165, 1.54) is 76.6 Å². The minimum absolute atomic E-state index is 0. The SMILES string of the molecule is CC(C)c1cccc(C(C)C)c1[N-]C([S-])N(Cc1ccccc1)Cc1ccccc1.CC(C)c1cccc(C(C)C)c1[N-]C([S-])N1CCCC1.CC(C)c1cccc(C(C)C)c1[N-]C([S-])N1CCCCC1.[CH2-]c1ccccc1.[CH2-]c1ccccc1.[CH2-]c1ccccc1.[CH2-]c1ccccc1.[CH2-]c1ccccc1.[CH2-]c1ccccc1.[CH2-]c1ccccc1.[CH2-]c1ccccc1.[CH2-]c1ccccc1.[Hf].[Hf].[Hf]. The van der Waals surface area contributed by atoms with Crippen LogP contribution in [-0.2, 0) is 129 Å². The van der Waals surface area contributed by atoms with Gasteiger partial charge in [0.25, 0.3) is 0 Å². The summed E-state index contributed by atoms with van der Waals surface area (Å²) in [7, 11) is 0. The van der Waals surface area contributed by atoms with E-state index in [0.29, 0.717) is 35.5 Å². The van der Waals surface area contributed by atoms with Crippen LogP contribution in [0.5, 0.6) is 0 Å². The Bertz CT molecular complexity index is 4560. The first-order valence-corrected chi connectivity index (χ1v) is 48.5. The Hall–Kier alpha value is -9.15. The van der Waals surface area contributed by atoms with Crippen molar-refractivity contribution in [2.24, 2.45) is 0 Å². The maximum Gasteiger partial charge on any atom is 0.0203 e. The van der Waals surface area contributed by atoms with E-state index in [9.17, 15) is 0 Å². The van der Waals surface area contributed by atoms with Gasteiger partial charge in [-0.25, -0.2) is 0 Å². The zero-order chi connectivity index (χ0) is 97.6. The third-order valence-electron chi connectivity index (χ3n) is 21.3. The molecule has 14 aromatic carbocycles. The van der Waals surface area contributed by atoms with Gasteiger partial charge in [-0.15, -0.1) is 126 Å². The largest absolute Gasteiger partial charge is 0.793 e. The number of hydrogen-bond acceptors (Lipinski definition) is 6. The molecule has 6 nitrogen and oxygen atoms in total. The van der Waals surface area contributed by atoms with Crippen molar-refractivity contribution in [2.75, 3.05) is 26.2 Å². The molecule has 137 heavy (non-hydrogen) atoms. The van der Waals surface area contributed by atoms with Gasteiger partial charge in [-0.1, -0.05) is 293 Å². The van der Waals surface area contributed by atoms with Crippen LogP contribution in [0.4, 0.5) is 17.1 Å². The molecular weight excluding hydrogens is 2220 g/mol. The Kier molecular flexibility index (Phi) is 66.9. The molecule has 3 unspecified atom stereocenters. The molecule has 0 amide bonds. The maximum atomic E-state index is 5.99. The van der Waals surface area contributed by atoms with Gasteiger partial charge in [-0.05, 0) is 98.5 Å². The number of nitrogens with zero attached hydrogens (tertiary/aromatic N) is 6. The van der Waals surface area contributed by atoms with Crippen molar-refractivity contribution in [3.05, 3.63) is 561 Å². The molecule has 0 radical (unpaired) electrons. The summed E-state index contributed by atoms with van der Waals surface area (Å²) in [5.41, 5.74) is 22.8. The normalized spacial score (nSPS) is 12.1. The van der Waals surface area contributed by atoms with E-state index in [1.807, 2.05) is 285 Å². The third-order valence-corrected chi connectivity index (χ3v) is 22.5. The van der Waals surface area contributed by atoms with Crippen molar-refractivity contribution in [3.8, 4) is 0 Å². The van der Waals surface area contributed by atoms with Gasteiger partial charge in [0.2, 0.25) is 0 Å². The van der Waals surface area contributed by atoms with Crippen LogP contribution in [0.25, 0.3) is 16.0 Å². The van der Waals surface area contributed by atoms with E-state index in [-0.39, 0.29) is 94.0 Å². The van der Waals surface area contributed by atoms with Gasteiger partial charge in [0.05, 0.1) is 0 Å². The minimum Gasteiger partial charge on any atom is -0.793 e. The number of piperidine rings is 1. The fourth-order valence-electron chi connectivity index (χ4n) is 13.8. The molecule has 16 rings (SSSR count). The predicted octanol–water partition coefficient (Wildman–Crippen LogP) is 34.4. The zero-order valence-electron chi connectivity index (χ0n) is 83.7. The third kappa shape index (κ3) is 53.7. The molecular formula is C125H149Hf3N6S3-15. The standard InChI is InChI=1S/C27H33N2S.C18H29N2S.C17H27N2S.9C7H7.3Hf/c1-20(2)24-16-11-17-25(21(3)4)26(24)28-27(30)29(18-22-12-7-5-8-13-22)19-23-14-9-6-10-15-23;1-13(2)15-9-8-10-16(14(3)4)17(15)19-18(21)20-11-6-5-7-12-20;1-12(2)14-8-7-9-15(13(3)4)16(14)18-17(20)19-10-5-6-11-19;9*1-7-5-3-2-4-6-7;;;/h5-17,20-21,27,30H,18-19H2,1-4H3;8-10,13-14,18,21H,5-7,11-12H2,1-4H3;7-9,12-13,17,20H,5-6,10-11H2,1-4H3;9*2-6H,1H2;;;/q12*-1;;;/p-3. The summed E-state index contributed by atoms with van der Waals surface area (Å²) in [4.78, 5) is 6.94. The topological polar surface area (TPSA) is 52.0 Å². The van der Waals surface area contributed by atoms with Gasteiger partial charge in [-0.2, -0.15) is 238 Å². The van der Waals surface area contributed by atoms with Crippen molar-refractivity contribution < 1.29 is 77.5 Å². The van der Waals surface area contributed by atoms with E-state index in [2.05, 4.69) is 263 Å². The molecule has 0 aromatic heterocycles. The smallest absolute Gasteiger partial charge is 0.0203 e. The van der Waals surface area contributed by atoms with Gasteiger partial charge in [0, 0.05) is 90.6 Å². The molecule has 2 aliphatic heterocycles. The Morgan fingerprint density at radius 2 is 0.372 bits per heavy atom. The summed E-state index contributed by atoms with van der Waals surface area (Å²) < 4.78 is 0. The molecule has 3 atom stereocenters. The molecule has 14 aromatic rings. The van der Waals surface area contributed by atoms with Crippen molar-refractivity contribution in [2.45, 2.75) is 180 Å². The average molecular weight is 2370 g/mol. The van der Waals surface area contributed by atoms with Gasteiger partial charge in [0.15, 0.2) is 0 Å². The second-order valence-corrected chi connectivity index (χ2v) is 36.0. The van der Waals surface area contributed by atoms with E-state index >= 15 is 0 Å². The Morgan fingerprint density at radius 3 is 0.526 bits per heavy atom. The fraction of sp³-hybridized carbons (Fsp3) is 0.256. The van der Waals surface area contributed by atoms with Crippen LogP contribution in [0.3, 0.4) is 0 Å². The first-order valence-electron chi connectivity index (χ1n) is 47.1. The maximum absolute atomic E-state index is 5.99. The molecule has 2 saturated heterocycles. The fourth-order valence-corrected chi connectivity index (χ4v) is 14.7. The van der Waals surface area contributed by atoms with Crippen LogP contribution < -0.4 is 0 Å². The van der Waals surface area contributed by atoms with Gasteiger partial charge >= 0.3 is 0 Å². The minimum atomic E-state index is -0.345. The van der Waals surface area contributed by atoms with Crippen molar-refractivity contribution in [1.29, 1.82) is 0 Å². The molecule has 0 bridgehead atoms. The Labute approximate surface area is 905 Å². The summed E-state index contributed by atoms with van der Waals surface area (Å²) in [6, 6.07) is 130. The predicted molar refractivity (Wildman–Crippen MR) is 593 cm³/mol. The number of likely N-dealkylation sites (tertiary alicyclic amines) is 2. The number of benzene rings is 14. The number of para-hydroxylation sites is 3. The summed E-state index contributed by atoms with van der Waals surface area (Å²) in [6.07, 6.45) is 6.35. The van der Waals surface area contributed by atoms with Crippen LogP contribution in [-0.4, -0.2) is 57.4 Å². The first kappa shape index (κ1) is 124. The van der Waals surface area contributed by atoms with Gasteiger partial charge in [0.1, 0.15) is 0 Å². The zero-order valence-corrected chi connectivity index (χ0v) is 96.9. The van der Waals surface area contributed by atoms with E-state index in [4.69, 9.17) is 53.8 Å². The molecule has 2 aliphatic rings. The average Bonchev–Trinajstić information content (AvgIpc) is 1.15. The molecule has 2 fully saturated rings. The molecule has 724 valence electrons. The second-order valence-electron chi connectivity index (χ2n) is 34.7.